The Morgan fingerprint density at radius 3 is 2.57 bits per heavy atom. The molecule has 0 aromatic rings. The zero-order chi connectivity index (χ0) is 10.2. The van der Waals surface area contributed by atoms with E-state index in [9.17, 15) is 10.4 Å². The number of aliphatic hydroxyl groups excluding tert-OH is 1. The number of nitriles is 1. The molecule has 3 unspecified atom stereocenters. The van der Waals surface area contributed by atoms with Gasteiger partial charge in [0.15, 0.2) is 0 Å². The highest BCUT2D eigenvalue weighted by Crippen LogP contribution is 2.50. The lowest BCUT2D eigenvalue weighted by Gasteiger charge is -2.40. The van der Waals surface area contributed by atoms with Gasteiger partial charge in [-0.25, -0.2) is 0 Å². The summed E-state index contributed by atoms with van der Waals surface area (Å²) in [4.78, 5) is 0. The van der Waals surface area contributed by atoms with Gasteiger partial charge in [0.1, 0.15) is 0 Å². The molecule has 0 radical (unpaired) electrons. The summed E-state index contributed by atoms with van der Waals surface area (Å²) in [6, 6.07) is 2.44. The second kappa shape index (κ2) is 3.55. The van der Waals surface area contributed by atoms with Crippen molar-refractivity contribution in [2.24, 2.45) is 17.3 Å². The molecule has 1 N–H and O–H groups in total. The molecule has 0 heterocycles. The van der Waals surface area contributed by atoms with Gasteiger partial charge < -0.3 is 5.11 Å². The van der Waals surface area contributed by atoms with E-state index >= 15 is 0 Å². The second-order valence-corrected chi connectivity index (χ2v) is 5.08. The Kier molecular flexibility index (Phi) is 2.53. The molecule has 2 aliphatic carbocycles. The molecule has 2 heteroatoms. The fourth-order valence-corrected chi connectivity index (χ4v) is 2.88. The first-order valence-corrected chi connectivity index (χ1v) is 5.80. The number of aliphatic hydroxyl groups is 1. The molecule has 2 aliphatic rings. The van der Waals surface area contributed by atoms with Gasteiger partial charge in [0.05, 0.1) is 17.6 Å². The molecule has 0 aromatic heterocycles. The van der Waals surface area contributed by atoms with Crippen LogP contribution in [0.25, 0.3) is 0 Å². The van der Waals surface area contributed by atoms with E-state index in [0.717, 1.165) is 32.1 Å². The number of hydrogen-bond donors (Lipinski definition) is 1. The molecule has 2 fully saturated rings. The van der Waals surface area contributed by atoms with Crippen LogP contribution < -0.4 is 0 Å². The third-order valence-electron chi connectivity index (χ3n) is 4.16. The van der Waals surface area contributed by atoms with Crippen LogP contribution in [0.1, 0.15) is 45.4 Å². The Bertz CT molecular complexity index is 254. The first kappa shape index (κ1) is 9.98. The van der Waals surface area contributed by atoms with Crippen molar-refractivity contribution in [2.75, 3.05) is 0 Å². The van der Waals surface area contributed by atoms with Gasteiger partial charge in [-0.15, -0.1) is 0 Å². The van der Waals surface area contributed by atoms with E-state index in [4.69, 9.17) is 0 Å². The highest BCUT2D eigenvalue weighted by molar-refractivity contribution is 5.11. The average molecular weight is 193 g/mol. The summed E-state index contributed by atoms with van der Waals surface area (Å²) in [6.07, 6.45) is 6.24. The van der Waals surface area contributed by atoms with Gasteiger partial charge in [-0.05, 0) is 37.5 Å². The van der Waals surface area contributed by atoms with E-state index in [1.165, 1.54) is 6.42 Å². The summed E-state index contributed by atoms with van der Waals surface area (Å²) < 4.78 is 0. The molecule has 14 heavy (non-hydrogen) atoms. The standard InChI is InChI=1S/C12H19NO/c1-9-4-2-3-7-12(9,8-13)11(14)10-5-6-10/h9-11,14H,2-7H2,1H3. The van der Waals surface area contributed by atoms with Crippen molar-refractivity contribution < 1.29 is 5.11 Å². The van der Waals surface area contributed by atoms with Crippen molar-refractivity contribution in [3.8, 4) is 6.07 Å². The van der Waals surface area contributed by atoms with Crippen LogP contribution in [0.4, 0.5) is 0 Å². The van der Waals surface area contributed by atoms with Crippen molar-refractivity contribution in [2.45, 2.75) is 51.6 Å². The largest absolute Gasteiger partial charge is 0.391 e. The van der Waals surface area contributed by atoms with Gasteiger partial charge in [-0.3, -0.25) is 0 Å². The maximum absolute atomic E-state index is 10.2. The van der Waals surface area contributed by atoms with Crippen molar-refractivity contribution in [1.82, 2.24) is 0 Å². The van der Waals surface area contributed by atoms with Gasteiger partial charge in [0.2, 0.25) is 0 Å². The summed E-state index contributed by atoms with van der Waals surface area (Å²) >= 11 is 0. The molecule has 0 spiro atoms. The molecule has 0 aromatic carbocycles. The minimum absolute atomic E-state index is 0.359. The normalized spacial score (nSPS) is 40.2. The Morgan fingerprint density at radius 1 is 1.36 bits per heavy atom. The number of rotatable bonds is 2. The van der Waals surface area contributed by atoms with Crippen LogP contribution in [0.3, 0.4) is 0 Å². The van der Waals surface area contributed by atoms with E-state index in [2.05, 4.69) is 13.0 Å². The molecule has 2 saturated carbocycles. The molecular formula is C12H19NO. The lowest BCUT2D eigenvalue weighted by molar-refractivity contribution is -0.0125. The molecular weight excluding hydrogens is 174 g/mol. The van der Waals surface area contributed by atoms with Crippen molar-refractivity contribution in [3.05, 3.63) is 0 Å². The van der Waals surface area contributed by atoms with Crippen molar-refractivity contribution >= 4 is 0 Å². The minimum Gasteiger partial charge on any atom is -0.391 e. The Balaban J connectivity index is 2.17. The molecule has 0 amide bonds. The van der Waals surface area contributed by atoms with Gasteiger partial charge in [-0.2, -0.15) is 5.26 Å². The van der Waals surface area contributed by atoms with Crippen LogP contribution in [0.2, 0.25) is 0 Å². The SMILES string of the molecule is CC1CCCCC1(C#N)C(O)C1CC1. The van der Waals surface area contributed by atoms with E-state index in [-0.39, 0.29) is 6.10 Å². The first-order chi connectivity index (χ1) is 6.70. The Hall–Kier alpha value is -0.550. The summed E-state index contributed by atoms with van der Waals surface area (Å²) in [5.41, 5.74) is -0.417. The quantitative estimate of drug-likeness (QED) is 0.732. The third kappa shape index (κ3) is 1.44. The lowest BCUT2D eigenvalue weighted by Crippen LogP contribution is -2.43. The van der Waals surface area contributed by atoms with E-state index in [1.807, 2.05) is 0 Å². The van der Waals surface area contributed by atoms with Gasteiger partial charge in [-0.1, -0.05) is 19.8 Å². The van der Waals surface area contributed by atoms with Gasteiger partial charge in [0, 0.05) is 0 Å². The molecule has 2 nitrogen and oxygen atoms in total. The van der Waals surface area contributed by atoms with E-state index in [0.29, 0.717) is 11.8 Å². The van der Waals surface area contributed by atoms with Crippen LogP contribution in [-0.4, -0.2) is 11.2 Å². The van der Waals surface area contributed by atoms with Crippen LogP contribution in [0.15, 0.2) is 0 Å². The van der Waals surface area contributed by atoms with Crippen LogP contribution in [-0.2, 0) is 0 Å². The monoisotopic (exact) mass is 193 g/mol. The molecule has 0 bridgehead atoms. The molecule has 2 rings (SSSR count). The third-order valence-corrected chi connectivity index (χ3v) is 4.16. The topological polar surface area (TPSA) is 44.0 Å². The highest BCUT2D eigenvalue weighted by atomic mass is 16.3. The molecule has 0 saturated heterocycles. The maximum atomic E-state index is 10.2. The Morgan fingerprint density at radius 2 is 2.07 bits per heavy atom. The fraction of sp³-hybridized carbons (Fsp3) is 0.917. The Labute approximate surface area is 85.9 Å². The van der Waals surface area contributed by atoms with E-state index < -0.39 is 5.41 Å². The molecule has 0 aliphatic heterocycles. The predicted octanol–water partition coefficient (Wildman–Crippen LogP) is 2.48. The average Bonchev–Trinajstić information content (AvgIpc) is 3.01. The molecule has 3 atom stereocenters. The van der Waals surface area contributed by atoms with Gasteiger partial charge in [0.25, 0.3) is 0 Å². The zero-order valence-corrected chi connectivity index (χ0v) is 8.87. The number of nitrogens with zero attached hydrogens (tertiary/aromatic N) is 1. The smallest absolute Gasteiger partial charge is 0.0860 e. The first-order valence-electron chi connectivity index (χ1n) is 5.80. The van der Waals surface area contributed by atoms with E-state index in [1.54, 1.807) is 0 Å². The van der Waals surface area contributed by atoms with Crippen LogP contribution in [0.5, 0.6) is 0 Å². The minimum atomic E-state index is -0.417. The summed E-state index contributed by atoms with van der Waals surface area (Å²) in [7, 11) is 0. The summed E-state index contributed by atoms with van der Waals surface area (Å²) in [5, 5.41) is 19.6. The number of hydrogen-bond acceptors (Lipinski definition) is 2. The fourth-order valence-electron chi connectivity index (χ4n) is 2.88. The van der Waals surface area contributed by atoms with Crippen molar-refractivity contribution in [1.29, 1.82) is 5.26 Å². The summed E-state index contributed by atoms with van der Waals surface area (Å²) in [6.45, 7) is 2.13. The zero-order valence-electron chi connectivity index (χ0n) is 8.87. The second-order valence-electron chi connectivity index (χ2n) is 5.08. The highest BCUT2D eigenvalue weighted by Gasteiger charge is 2.50. The lowest BCUT2D eigenvalue weighted by atomic mass is 9.63. The summed E-state index contributed by atoms with van der Waals surface area (Å²) in [5.74, 6) is 0.798. The van der Waals surface area contributed by atoms with Crippen LogP contribution in [0, 0.1) is 28.6 Å². The van der Waals surface area contributed by atoms with Crippen molar-refractivity contribution in [3.63, 3.8) is 0 Å². The van der Waals surface area contributed by atoms with Crippen LogP contribution >= 0.6 is 0 Å². The maximum Gasteiger partial charge on any atom is 0.0860 e. The van der Waals surface area contributed by atoms with Gasteiger partial charge >= 0.3 is 0 Å². The molecule has 78 valence electrons. The predicted molar refractivity (Wildman–Crippen MR) is 54.4 cm³/mol.